The summed E-state index contributed by atoms with van der Waals surface area (Å²) in [5.41, 5.74) is 4.18. The van der Waals surface area contributed by atoms with E-state index in [0.717, 1.165) is 24.1 Å². The van der Waals surface area contributed by atoms with Gasteiger partial charge in [0.15, 0.2) is 0 Å². The number of rotatable bonds is 7. The highest BCUT2D eigenvalue weighted by Crippen LogP contribution is 2.41. The molecule has 0 saturated carbocycles. The van der Waals surface area contributed by atoms with E-state index in [-0.39, 0.29) is 17.2 Å². The number of benzene rings is 3. The van der Waals surface area contributed by atoms with Crippen molar-refractivity contribution in [2.45, 2.75) is 39.7 Å². The van der Waals surface area contributed by atoms with E-state index in [9.17, 15) is 9.59 Å². The number of H-pyrrole nitrogens is 2. The summed E-state index contributed by atoms with van der Waals surface area (Å²) in [4.78, 5) is 28.3. The zero-order chi connectivity index (χ0) is 27.8. The minimum absolute atomic E-state index is 0.0976. The van der Waals surface area contributed by atoms with E-state index >= 15 is 0 Å². The standard InChI is InChI=1S/C30H28I2N4O3/c1-17(2)39-28-23(15-20(31)16-24(28)32)27(25-18(3)33-35(29(25)37)21-11-7-5-8-12-21)26-19(4)34-36(30(26)38)22-13-9-6-10-14-22/h5-17,27,33-34H,1-4H3. The summed E-state index contributed by atoms with van der Waals surface area (Å²) in [6.45, 7) is 7.70. The lowest BCUT2D eigenvalue weighted by atomic mass is 9.84. The van der Waals surface area contributed by atoms with Gasteiger partial charge in [0.2, 0.25) is 0 Å². The average molecular weight is 746 g/mol. The predicted molar refractivity (Wildman–Crippen MR) is 171 cm³/mol. The van der Waals surface area contributed by atoms with Gasteiger partial charge in [-0.25, -0.2) is 9.36 Å². The molecule has 3 aromatic carbocycles. The van der Waals surface area contributed by atoms with E-state index in [1.165, 1.54) is 9.36 Å². The molecule has 0 bridgehead atoms. The monoisotopic (exact) mass is 746 g/mol. The van der Waals surface area contributed by atoms with Gasteiger partial charge in [0.25, 0.3) is 11.1 Å². The van der Waals surface area contributed by atoms with Gasteiger partial charge in [0.1, 0.15) is 5.75 Å². The Morgan fingerprint density at radius 1 is 0.744 bits per heavy atom. The van der Waals surface area contributed by atoms with Crippen LogP contribution in [0.25, 0.3) is 11.4 Å². The van der Waals surface area contributed by atoms with Gasteiger partial charge >= 0.3 is 0 Å². The van der Waals surface area contributed by atoms with Crippen molar-refractivity contribution in [3.63, 3.8) is 0 Å². The Morgan fingerprint density at radius 3 is 1.64 bits per heavy atom. The summed E-state index contributed by atoms with van der Waals surface area (Å²) >= 11 is 4.54. The second-order valence-corrected chi connectivity index (χ2v) is 12.1. The normalized spacial score (nSPS) is 11.5. The van der Waals surface area contributed by atoms with Crippen LogP contribution in [-0.2, 0) is 0 Å². The molecule has 39 heavy (non-hydrogen) atoms. The Labute approximate surface area is 253 Å². The maximum Gasteiger partial charge on any atom is 0.275 e. The van der Waals surface area contributed by atoms with Crippen molar-refractivity contribution in [2.24, 2.45) is 0 Å². The number of hydrogen-bond donors (Lipinski definition) is 2. The van der Waals surface area contributed by atoms with Crippen molar-refractivity contribution >= 4 is 45.2 Å². The second kappa shape index (κ2) is 11.2. The third-order valence-corrected chi connectivity index (χ3v) is 7.97. The topological polar surface area (TPSA) is 84.8 Å². The molecule has 0 atom stereocenters. The molecule has 5 aromatic rings. The van der Waals surface area contributed by atoms with E-state index in [4.69, 9.17) is 4.74 Å². The van der Waals surface area contributed by atoms with E-state index in [0.29, 0.717) is 28.3 Å². The summed E-state index contributed by atoms with van der Waals surface area (Å²) in [7, 11) is 0. The number of aryl methyl sites for hydroxylation is 2. The van der Waals surface area contributed by atoms with E-state index in [1.807, 2.05) is 100 Å². The molecular formula is C30H28I2N4O3. The lowest BCUT2D eigenvalue weighted by molar-refractivity contribution is 0.238. The molecule has 0 radical (unpaired) electrons. The van der Waals surface area contributed by atoms with Gasteiger partial charge in [0.05, 0.1) is 38.1 Å². The maximum atomic E-state index is 14.1. The van der Waals surface area contributed by atoms with Gasteiger partial charge in [-0.05, 0) is 109 Å². The molecule has 9 heteroatoms. The third-order valence-electron chi connectivity index (χ3n) is 6.54. The first-order chi connectivity index (χ1) is 18.7. The zero-order valence-electron chi connectivity index (χ0n) is 22.0. The molecule has 0 unspecified atom stereocenters. The number of aromatic nitrogens is 4. The highest BCUT2D eigenvalue weighted by molar-refractivity contribution is 14.1. The van der Waals surface area contributed by atoms with Crippen molar-refractivity contribution in [3.8, 4) is 17.1 Å². The first kappa shape index (κ1) is 27.5. The SMILES string of the molecule is Cc1[nH]n(-c2ccccc2)c(=O)c1C(c1cc(I)cc(I)c1OC(C)C)c1c(C)[nH]n(-c2ccccc2)c1=O. The fraction of sp³-hybridized carbons (Fsp3) is 0.200. The van der Waals surface area contributed by atoms with Crippen LogP contribution >= 0.6 is 45.2 Å². The third kappa shape index (κ3) is 5.25. The molecule has 0 fully saturated rings. The maximum absolute atomic E-state index is 14.1. The number of ether oxygens (including phenoxy) is 1. The fourth-order valence-corrected chi connectivity index (χ4v) is 6.94. The van der Waals surface area contributed by atoms with Gasteiger partial charge < -0.3 is 4.74 Å². The Balaban J connectivity index is 1.85. The Hall–Kier alpha value is -3.06. The molecule has 0 aliphatic heterocycles. The number of nitrogens with zero attached hydrogens (tertiary/aromatic N) is 2. The zero-order valence-corrected chi connectivity index (χ0v) is 26.3. The number of hydrogen-bond acceptors (Lipinski definition) is 3. The highest BCUT2D eigenvalue weighted by atomic mass is 127. The summed E-state index contributed by atoms with van der Waals surface area (Å²) in [5, 5.41) is 6.51. The molecular weight excluding hydrogens is 718 g/mol. The molecule has 0 aliphatic carbocycles. The molecule has 7 nitrogen and oxygen atoms in total. The Kier molecular flexibility index (Phi) is 7.90. The van der Waals surface area contributed by atoms with Crippen LogP contribution in [0.3, 0.4) is 0 Å². The van der Waals surface area contributed by atoms with Crippen molar-refractivity contribution < 1.29 is 4.74 Å². The van der Waals surface area contributed by atoms with Crippen LogP contribution in [-0.4, -0.2) is 25.7 Å². The predicted octanol–water partition coefficient (Wildman–Crippen LogP) is 6.44. The summed E-state index contributed by atoms with van der Waals surface area (Å²) in [6.07, 6.45) is -0.0976. The lowest BCUT2D eigenvalue weighted by Gasteiger charge is -2.23. The minimum atomic E-state index is -0.676. The van der Waals surface area contributed by atoms with Crippen molar-refractivity contribution in [3.05, 3.63) is 129 Å². The molecule has 0 aliphatic rings. The second-order valence-electron chi connectivity index (χ2n) is 9.66. The molecule has 0 saturated heterocycles. The molecule has 2 aromatic heterocycles. The quantitative estimate of drug-likeness (QED) is 0.188. The first-order valence-electron chi connectivity index (χ1n) is 12.6. The van der Waals surface area contributed by atoms with E-state index < -0.39 is 5.92 Å². The van der Waals surface area contributed by atoms with Crippen LogP contribution in [0.2, 0.25) is 0 Å². The summed E-state index contributed by atoms with van der Waals surface area (Å²) in [6, 6.07) is 22.9. The highest BCUT2D eigenvalue weighted by Gasteiger charge is 2.34. The average Bonchev–Trinajstić information content (AvgIpc) is 3.37. The number of halogens is 2. The van der Waals surface area contributed by atoms with Crippen LogP contribution in [0.1, 0.15) is 47.8 Å². The summed E-state index contributed by atoms with van der Waals surface area (Å²) in [5.74, 6) is -0.00190. The van der Waals surface area contributed by atoms with Gasteiger partial charge in [-0.3, -0.25) is 19.8 Å². The minimum Gasteiger partial charge on any atom is -0.490 e. The fourth-order valence-electron chi connectivity index (χ4n) is 4.93. The Bertz CT molecular complexity index is 1650. The van der Waals surface area contributed by atoms with Crippen molar-refractivity contribution in [1.82, 2.24) is 19.6 Å². The number of aromatic amines is 2. The molecule has 0 spiro atoms. The van der Waals surface area contributed by atoms with Crippen molar-refractivity contribution in [1.29, 1.82) is 0 Å². The summed E-state index contributed by atoms with van der Waals surface area (Å²) < 4.78 is 11.3. The first-order valence-corrected chi connectivity index (χ1v) is 14.7. The van der Waals surface area contributed by atoms with Crippen LogP contribution in [0, 0.1) is 21.0 Å². The van der Waals surface area contributed by atoms with Crippen LogP contribution in [0.15, 0.2) is 82.4 Å². The largest absolute Gasteiger partial charge is 0.490 e. The number of nitrogens with one attached hydrogen (secondary N) is 2. The molecule has 2 heterocycles. The van der Waals surface area contributed by atoms with Crippen molar-refractivity contribution in [2.75, 3.05) is 0 Å². The van der Waals surface area contributed by atoms with E-state index in [1.54, 1.807) is 0 Å². The number of para-hydroxylation sites is 2. The molecule has 0 amide bonds. The molecule has 200 valence electrons. The lowest BCUT2D eigenvalue weighted by Crippen LogP contribution is -2.26. The van der Waals surface area contributed by atoms with Crippen LogP contribution < -0.4 is 15.9 Å². The van der Waals surface area contributed by atoms with E-state index in [2.05, 4.69) is 55.4 Å². The van der Waals surface area contributed by atoms with Gasteiger partial charge in [0, 0.05) is 20.5 Å². The smallest absolute Gasteiger partial charge is 0.275 e. The van der Waals surface area contributed by atoms with Crippen LogP contribution in [0.5, 0.6) is 5.75 Å². The van der Waals surface area contributed by atoms with Gasteiger partial charge in [-0.1, -0.05) is 36.4 Å². The van der Waals surface area contributed by atoms with Crippen LogP contribution in [0.4, 0.5) is 0 Å². The van der Waals surface area contributed by atoms with Gasteiger partial charge in [-0.2, -0.15) is 0 Å². The van der Waals surface area contributed by atoms with Gasteiger partial charge in [-0.15, -0.1) is 0 Å². The molecule has 5 rings (SSSR count). The Morgan fingerprint density at radius 2 is 1.21 bits per heavy atom. The molecule has 2 N–H and O–H groups in total.